The van der Waals surface area contributed by atoms with Crippen molar-refractivity contribution in [3.05, 3.63) is 11.8 Å². The van der Waals surface area contributed by atoms with Gasteiger partial charge in [0.2, 0.25) is 0 Å². The van der Waals surface area contributed by atoms with Crippen molar-refractivity contribution in [1.29, 1.82) is 0 Å². The van der Waals surface area contributed by atoms with E-state index in [1.807, 2.05) is 0 Å². The summed E-state index contributed by atoms with van der Waals surface area (Å²) in [7, 11) is 0. The van der Waals surface area contributed by atoms with Crippen LogP contribution in [0.1, 0.15) is 0 Å². The van der Waals surface area contributed by atoms with Gasteiger partial charge in [0.05, 0.1) is 0 Å². The number of hydrogen-bond acceptors (Lipinski definition) is 4. The first-order chi connectivity index (χ1) is 4.88. The Morgan fingerprint density at radius 2 is 2.18 bits per heavy atom. The fourth-order valence-electron chi connectivity index (χ4n) is 0.715. The Kier molecular flexibility index (Phi) is 1.91. The molecule has 0 aliphatic carbocycles. The van der Waals surface area contributed by atoms with Crippen LogP contribution in [0.4, 0.5) is 0 Å². The van der Waals surface area contributed by atoms with E-state index in [2.05, 4.69) is 20.4 Å². The van der Waals surface area contributed by atoms with Crippen molar-refractivity contribution in [3.63, 3.8) is 0 Å². The molecule has 0 aromatic heterocycles. The van der Waals surface area contributed by atoms with E-state index < -0.39 is 0 Å². The number of amides is 1. The van der Waals surface area contributed by atoms with Crippen LogP contribution in [0.15, 0.2) is 32.2 Å². The van der Waals surface area contributed by atoms with Crippen molar-refractivity contribution in [3.8, 4) is 0 Å². The number of aliphatic imine (C=N–C) groups is 1. The molecule has 11 heavy (non-hydrogen) atoms. The molecule has 56 valence electrons. The summed E-state index contributed by atoms with van der Waals surface area (Å²) >= 11 is 0. The standard InChI is InChI=1S/C5H2N4O.ClH/c10-5-4-3(1-2-6-5)7-9-8-4;/h1-2H;1H. The van der Waals surface area contributed by atoms with Crippen LogP contribution in [-0.2, 0) is 4.79 Å². The van der Waals surface area contributed by atoms with Crippen LogP contribution in [0, 0.1) is 0 Å². The van der Waals surface area contributed by atoms with Crippen LogP contribution in [0.25, 0.3) is 0 Å². The minimum absolute atomic E-state index is 0. The van der Waals surface area contributed by atoms with Crippen LogP contribution in [0.2, 0.25) is 0 Å². The maximum atomic E-state index is 10.8. The van der Waals surface area contributed by atoms with Gasteiger partial charge in [-0.15, -0.1) is 22.6 Å². The number of fused-ring (bicyclic) bond motifs is 1. The summed E-state index contributed by atoms with van der Waals surface area (Å²) < 4.78 is 0. The number of nitrogens with zero attached hydrogens (tertiary/aromatic N) is 4. The molecule has 5 nitrogen and oxygen atoms in total. The monoisotopic (exact) mass is 170 g/mol. The number of carbonyl (C=O) groups excluding carboxylic acids is 1. The lowest BCUT2D eigenvalue weighted by atomic mass is 10.2. The molecule has 0 unspecified atom stereocenters. The van der Waals surface area contributed by atoms with Crippen molar-refractivity contribution in [2.45, 2.75) is 0 Å². The average Bonchev–Trinajstić information content (AvgIpc) is 2.36. The first-order valence-electron chi connectivity index (χ1n) is 2.66. The predicted molar refractivity (Wildman–Crippen MR) is 41.1 cm³/mol. The third-order valence-electron chi connectivity index (χ3n) is 1.17. The fraction of sp³-hybridized carbons (Fsp3) is 0. The molecule has 0 radical (unpaired) electrons. The normalized spacial score (nSPS) is 18.7. The maximum absolute atomic E-state index is 10.8. The Morgan fingerprint density at radius 3 is 2.91 bits per heavy atom. The van der Waals surface area contributed by atoms with Crippen molar-refractivity contribution in [2.75, 3.05) is 0 Å². The molecule has 2 aliphatic heterocycles. The highest BCUT2D eigenvalue weighted by Gasteiger charge is 2.21. The van der Waals surface area contributed by atoms with Crippen LogP contribution in [0.5, 0.6) is 0 Å². The lowest BCUT2D eigenvalue weighted by Gasteiger charge is -1.95. The molecule has 1 amide bonds. The smallest absolute Gasteiger partial charge is 0.265 e. The van der Waals surface area contributed by atoms with E-state index in [1.54, 1.807) is 6.08 Å². The molecule has 0 saturated carbocycles. The maximum Gasteiger partial charge on any atom is 0.299 e. The fourth-order valence-corrected chi connectivity index (χ4v) is 0.715. The number of carbonyl (C=O) groups is 1. The molecule has 0 fully saturated rings. The molecular formula is C5H3ClN4O. The van der Waals surface area contributed by atoms with Crippen LogP contribution in [-0.4, -0.2) is 17.8 Å². The Balaban J connectivity index is 0.000000605. The summed E-state index contributed by atoms with van der Waals surface area (Å²) in [5.41, 5.74) is 0.738. The summed E-state index contributed by atoms with van der Waals surface area (Å²) in [5.74, 6) is -0.373. The minimum atomic E-state index is -0.373. The SMILES string of the molecule is Cl.O=C1N=CC=C2N=NN=C12. The topological polar surface area (TPSA) is 66.5 Å². The molecular weight excluding hydrogens is 168 g/mol. The number of rotatable bonds is 0. The van der Waals surface area contributed by atoms with Gasteiger partial charge in [-0.25, -0.2) is 4.99 Å². The van der Waals surface area contributed by atoms with E-state index in [0.717, 1.165) is 0 Å². The average molecular weight is 171 g/mol. The first kappa shape index (κ1) is 7.74. The van der Waals surface area contributed by atoms with Gasteiger partial charge in [0.25, 0.3) is 5.91 Å². The highest BCUT2D eigenvalue weighted by atomic mass is 35.5. The summed E-state index contributed by atoms with van der Waals surface area (Å²) in [6.45, 7) is 0. The number of dihydropyridines is 1. The van der Waals surface area contributed by atoms with Crippen LogP contribution < -0.4 is 0 Å². The summed E-state index contributed by atoms with van der Waals surface area (Å²) in [6, 6.07) is 0. The van der Waals surface area contributed by atoms with Gasteiger partial charge in [0.1, 0.15) is 5.70 Å². The van der Waals surface area contributed by atoms with E-state index in [4.69, 9.17) is 0 Å². The van der Waals surface area contributed by atoms with E-state index in [-0.39, 0.29) is 24.0 Å². The highest BCUT2D eigenvalue weighted by molar-refractivity contribution is 6.48. The van der Waals surface area contributed by atoms with Gasteiger partial charge < -0.3 is 0 Å². The lowest BCUT2D eigenvalue weighted by molar-refractivity contribution is -0.111. The summed E-state index contributed by atoms with van der Waals surface area (Å²) in [6.07, 6.45) is 2.98. The van der Waals surface area contributed by atoms with E-state index in [1.165, 1.54) is 6.21 Å². The number of hydrogen-bond donors (Lipinski definition) is 0. The highest BCUT2D eigenvalue weighted by Crippen LogP contribution is 2.12. The van der Waals surface area contributed by atoms with Crippen molar-refractivity contribution < 1.29 is 4.79 Å². The molecule has 2 heterocycles. The molecule has 0 bridgehead atoms. The molecule has 6 heteroatoms. The molecule has 0 aromatic carbocycles. The molecule has 0 aromatic rings. The predicted octanol–water partition coefficient (Wildman–Crippen LogP) is 0.725. The Labute approximate surface area is 68.0 Å². The van der Waals surface area contributed by atoms with Gasteiger partial charge in [-0.2, -0.15) is 0 Å². The van der Waals surface area contributed by atoms with E-state index >= 15 is 0 Å². The zero-order valence-corrected chi connectivity index (χ0v) is 6.08. The van der Waals surface area contributed by atoms with Gasteiger partial charge in [-0.1, -0.05) is 0 Å². The van der Waals surface area contributed by atoms with Gasteiger partial charge in [-0.05, 0) is 11.3 Å². The second kappa shape index (κ2) is 2.71. The van der Waals surface area contributed by atoms with Crippen molar-refractivity contribution in [2.24, 2.45) is 20.4 Å². The molecule has 2 rings (SSSR count). The largest absolute Gasteiger partial charge is 0.299 e. The lowest BCUT2D eigenvalue weighted by Crippen LogP contribution is -2.14. The van der Waals surface area contributed by atoms with E-state index in [9.17, 15) is 4.79 Å². The molecule has 0 spiro atoms. The Morgan fingerprint density at radius 1 is 1.36 bits per heavy atom. The first-order valence-corrected chi connectivity index (χ1v) is 2.66. The second-order valence-corrected chi connectivity index (χ2v) is 1.77. The third-order valence-corrected chi connectivity index (χ3v) is 1.17. The Hall–Kier alpha value is -1.36. The molecule has 2 aliphatic rings. The van der Waals surface area contributed by atoms with Gasteiger partial charge in [0, 0.05) is 6.21 Å². The second-order valence-electron chi connectivity index (χ2n) is 1.77. The summed E-state index contributed by atoms with van der Waals surface area (Å²) in [4.78, 5) is 14.3. The van der Waals surface area contributed by atoms with Crippen molar-refractivity contribution >= 4 is 30.2 Å². The van der Waals surface area contributed by atoms with Crippen molar-refractivity contribution in [1.82, 2.24) is 0 Å². The molecule has 0 N–H and O–H groups in total. The third kappa shape index (κ3) is 1.10. The van der Waals surface area contributed by atoms with Gasteiger partial charge >= 0.3 is 0 Å². The van der Waals surface area contributed by atoms with Crippen LogP contribution in [0.3, 0.4) is 0 Å². The molecule has 0 atom stereocenters. The zero-order chi connectivity index (χ0) is 6.97. The van der Waals surface area contributed by atoms with Crippen LogP contribution >= 0.6 is 12.4 Å². The number of halogens is 1. The Bertz CT molecular complexity index is 308. The number of allylic oxidation sites excluding steroid dienone is 1. The quantitative estimate of drug-likeness (QED) is 0.528. The van der Waals surface area contributed by atoms with Gasteiger partial charge in [0.15, 0.2) is 5.71 Å². The zero-order valence-electron chi connectivity index (χ0n) is 5.26. The van der Waals surface area contributed by atoms with E-state index in [0.29, 0.717) is 5.70 Å². The van der Waals surface area contributed by atoms with Gasteiger partial charge in [-0.3, -0.25) is 4.79 Å². The summed E-state index contributed by atoms with van der Waals surface area (Å²) in [5, 5.41) is 10.4. The minimum Gasteiger partial charge on any atom is -0.265 e. The molecule has 0 saturated heterocycles.